The molecule has 0 unspecified atom stereocenters. The largest absolute Gasteiger partial charge is 0.151 e. The van der Waals surface area contributed by atoms with E-state index in [4.69, 9.17) is 0 Å². The summed E-state index contributed by atoms with van der Waals surface area (Å²) in [6.07, 6.45) is 5.84. The molecule has 0 saturated carbocycles. The molecular formula is C6H11NO. The lowest BCUT2D eigenvalue weighted by molar-refractivity contribution is 0.989. The second-order valence-corrected chi connectivity index (χ2v) is 1.52. The number of hydrogen-bond donors (Lipinski definition) is 0. The van der Waals surface area contributed by atoms with Crippen LogP contribution >= 0.6 is 0 Å². The fourth-order valence-electron chi connectivity index (χ4n) is 0.412. The molecule has 0 bridgehead atoms. The summed E-state index contributed by atoms with van der Waals surface area (Å²) in [5, 5.41) is 2.71. The van der Waals surface area contributed by atoms with Crippen molar-refractivity contribution < 1.29 is 0 Å². The number of nitroso groups, excluding NO2 is 1. The molecule has 0 amide bonds. The van der Waals surface area contributed by atoms with E-state index in [2.05, 4.69) is 12.1 Å². The van der Waals surface area contributed by atoms with Gasteiger partial charge in [0, 0.05) is 0 Å². The van der Waals surface area contributed by atoms with Gasteiger partial charge < -0.3 is 0 Å². The van der Waals surface area contributed by atoms with Crippen LogP contribution in [-0.4, -0.2) is 6.54 Å². The average molecular weight is 113 g/mol. The lowest BCUT2D eigenvalue weighted by Crippen LogP contribution is -1.71. The van der Waals surface area contributed by atoms with Gasteiger partial charge in [0.05, 0.1) is 6.54 Å². The van der Waals surface area contributed by atoms with E-state index in [9.17, 15) is 4.91 Å². The minimum absolute atomic E-state index is 0.413. The third kappa shape index (κ3) is 5.34. The zero-order valence-corrected chi connectivity index (χ0v) is 5.13. The minimum atomic E-state index is 0.413. The van der Waals surface area contributed by atoms with Crippen LogP contribution in [0.15, 0.2) is 17.3 Å². The smallest absolute Gasteiger partial charge is 0.0845 e. The van der Waals surface area contributed by atoms with Gasteiger partial charge >= 0.3 is 0 Å². The molecule has 0 N–H and O–H groups in total. The predicted octanol–water partition coefficient (Wildman–Crippen LogP) is 2.11. The van der Waals surface area contributed by atoms with Gasteiger partial charge in [-0.05, 0) is 12.8 Å². The van der Waals surface area contributed by atoms with E-state index in [1.54, 1.807) is 0 Å². The van der Waals surface area contributed by atoms with Crippen LogP contribution in [0.3, 0.4) is 0 Å². The van der Waals surface area contributed by atoms with Gasteiger partial charge in [-0.15, -0.1) is 0 Å². The molecule has 0 aromatic heterocycles. The Morgan fingerprint density at radius 3 is 2.75 bits per heavy atom. The van der Waals surface area contributed by atoms with Crippen molar-refractivity contribution in [2.75, 3.05) is 6.54 Å². The summed E-state index contributed by atoms with van der Waals surface area (Å²) < 4.78 is 0. The van der Waals surface area contributed by atoms with E-state index in [1.807, 2.05) is 12.2 Å². The highest BCUT2D eigenvalue weighted by Crippen LogP contribution is 1.85. The van der Waals surface area contributed by atoms with Gasteiger partial charge in [0.1, 0.15) is 0 Å². The number of allylic oxidation sites excluding steroid dienone is 1. The van der Waals surface area contributed by atoms with Gasteiger partial charge in [-0.25, -0.2) is 0 Å². The van der Waals surface area contributed by atoms with E-state index >= 15 is 0 Å². The zero-order valence-electron chi connectivity index (χ0n) is 5.13. The molecular weight excluding hydrogens is 102 g/mol. The van der Waals surface area contributed by atoms with Crippen LogP contribution in [0.4, 0.5) is 0 Å². The van der Waals surface area contributed by atoms with Crippen molar-refractivity contribution >= 4 is 0 Å². The molecule has 0 aliphatic carbocycles. The molecule has 0 radical (unpaired) electrons. The van der Waals surface area contributed by atoms with Gasteiger partial charge in [0.25, 0.3) is 0 Å². The van der Waals surface area contributed by atoms with Gasteiger partial charge in [0.2, 0.25) is 0 Å². The first-order chi connectivity index (χ1) is 3.91. The molecule has 2 nitrogen and oxygen atoms in total. The molecule has 0 aromatic rings. The molecule has 0 aliphatic rings. The van der Waals surface area contributed by atoms with E-state index in [-0.39, 0.29) is 0 Å². The van der Waals surface area contributed by atoms with Gasteiger partial charge in [0.15, 0.2) is 0 Å². The molecule has 0 rings (SSSR count). The Morgan fingerprint density at radius 1 is 1.50 bits per heavy atom. The Balaban J connectivity index is 2.90. The predicted molar refractivity (Wildman–Crippen MR) is 34.7 cm³/mol. The molecule has 8 heavy (non-hydrogen) atoms. The SMILES string of the molecule is CC/C=C\CCN=O. The van der Waals surface area contributed by atoms with Crippen LogP contribution in [0.5, 0.6) is 0 Å². The third-order valence-corrected chi connectivity index (χ3v) is 0.789. The summed E-state index contributed by atoms with van der Waals surface area (Å²) in [6, 6.07) is 0. The van der Waals surface area contributed by atoms with Gasteiger partial charge in [-0.1, -0.05) is 24.3 Å². The maximum absolute atomic E-state index is 9.48. The highest BCUT2D eigenvalue weighted by atomic mass is 16.3. The van der Waals surface area contributed by atoms with E-state index < -0.39 is 0 Å². The van der Waals surface area contributed by atoms with Crippen molar-refractivity contribution in [3.63, 3.8) is 0 Å². The Morgan fingerprint density at radius 2 is 2.25 bits per heavy atom. The zero-order chi connectivity index (χ0) is 6.24. The summed E-state index contributed by atoms with van der Waals surface area (Å²) in [6.45, 7) is 2.47. The maximum Gasteiger partial charge on any atom is 0.0845 e. The minimum Gasteiger partial charge on any atom is -0.151 e. The lowest BCUT2D eigenvalue weighted by atomic mass is 10.3. The molecule has 0 spiro atoms. The van der Waals surface area contributed by atoms with Crippen molar-refractivity contribution in [2.45, 2.75) is 19.8 Å². The molecule has 0 atom stereocenters. The van der Waals surface area contributed by atoms with Crippen LogP contribution in [0.1, 0.15) is 19.8 Å². The molecule has 0 saturated heterocycles. The van der Waals surface area contributed by atoms with Gasteiger partial charge in [-0.2, -0.15) is 4.91 Å². The molecule has 0 aromatic carbocycles. The quantitative estimate of drug-likeness (QED) is 0.312. The fraction of sp³-hybridized carbons (Fsp3) is 0.667. The first kappa shape index (κ1) is 7.34. The molecule has 0 heterocycles. The van der Waals surface area contributed by atoms with Crippen LogP contribution < -0.4 is 0 Å². The fourth-order valence-corrected chi connectivity index (χ4v) is 0.412. The Kier molecular flexibility index (Phi) is 5.82. The summed E-state index contributed by atoms with van der Waals surface area (Å²) in [4.78, 5) is 9.48. The van der Waals surface area contributed by atoms with E-state index in [0.29, 0.717) is 6.54 Å². The first-order valence-electron chi connectivity index (χ1n) is 2.86. The summed E-state index contributed by atoms with van der Waals surface area (Å²) >= 11 is 0. The monoisotopic (exact) mass is 113 g/mol. The molecule has 0 fully saturated rings. The van der Waals surface area contributed by atoms with Crippen LogP contribution in [0.25, 0.3) is 0 Å². The standard InChI is InChI=1S/C6H11NO/c1-2-3-4-5-6-7-8/h3-4H,2,5-6H2,1H3/b4-3-. The van der Waals surface area contributed by atoms with Crippen molar-refractivity contribution in [1.82, 2.24) is 0 Å². The Labute approximate surface area is 49.6 Å². The normalized spacial score (nSPS) is 10.1. The number of rotatable bonds is 4. The van der Waals surface area contributed by atoms with Gasteiger partial charge in [-0.3, -0.25) is 0 Å². The topological polar surface area (TPSA) is 29.4 Å². The van der Waals surface area contributed by atoms with Crippen molar-refractivity contribution in [3.05, 3.63) is 17.1 Å². The third-order valence-electron chi connectivity index (χ3n) is 0.789. The summed E-state index contributed by atoms with van der Waals surface area (Å²) in [5.74, 6) is 0. The lowest BCUT2D eigenvalue weighted by Gasteiger charge is -1.78. The van der Waals surface area contributed by atoms with Crippen LogP contribution in [0.2, 0.25) is 0 Å². The van der Waals surface area contributed by atoms with E-state index in [0.717, 1.165) is 12.8 Å². The average Bonchev–Trinajstić information content (AvgIpc) is 1.81. The second kappa shape index (κ2) is 6.34. The maximum atomic E-state index is 9.48. The molecule has 2 heteroatoms. The highest BCUT2D eigenvalue weighted by Gasteiger charge is 1.74. The first-order valence-corrected chi connectivity index (χ1v) is 2.86. The highest BCUT2D eigenvalue weighted by molar-refractivity contribution is 4.80. The van der Waals surface area contributed by atoms with Crippen molar-refractivity contribution in [2.24, 2.45) is 5.18 Å². The number of nitrogens with zero attached hydrogens (tertiary/aromatic N) is 1. The summed E-state index contributed by atoms with van der Waals surface area (Å²) in [5.41, 5.74) is 0. The van der Waals surface area contributed by atoms with Crippen LogP contribution in [-0.2, 0) is 0 Å². The van der Waals surface area contributed by atoms with Crippen LogP contribution in [0, 0.1) is 4.91 Å². The summed E-state index contributed by atoms with van der Waals surface area (Å²) in [7, 11) is 0. The van der Waals surface area contributed by atoms with E-state index in [1.165, 1.54) is 0 Å². The second-order valence-electron chi connectivity index (χ2n) is 1.52. The molecule has 0 aliphatic heterocycles. The van der Waals surface area contributed by atoms with Crippen molar-refractivity contribution in [1.29, 1.82) is 0 Å². The Hall–Kier alpha value is -0.660. The number of hydrogen-bond acceptors (Lipinski definition) is 2. The van der Waals surface area contributed by atoms with Crippen molar-refractivity contribution in [3.8, 4) is 0 Å². The Bertz CT molecular complexity index is 78.6. The molecule has 46 valence electrons.